The molecule has 0 aliphatic carbocycles. The Bertz CT molecular complexity index is 1850. The van der Waals surface area contributed by atoms with Gasteiger partial charge in [-0.1, -0.05) is 18.2 Å². The SMILES string of the molecule is O=Cc1c(CO)ccc(NC(=O)CCC(=O)CCCOCCOCC(=O)Oc2cc(O)c3c(=O)c(-c4ccc(O)cc4)coc3c2)c1O. The van der Waals surface area contributed by atoms with Crippen LogP contribution < -0.4 is 15.5 Å². The number of phenolic OH excluding ortho intramolecular Hbond substituents is 3. The molecule has 0 bridgehead atoms. The van der Waals surface area contributed by atoms with Crippen molar-refractivity contribution in [2.75, 3.05) is 31.7 Å². The van der Waals surface area contributed by atoms with Crippen molar-refractivity contribution in [2.45, 2.75) is 32.3 Å². The van der Waals surface area contributed by atoms with E-state index in [0.717, 1.165) is 6.07 Å². The van der Waals surface area contributed by atoms with Crippen LogP contribution in [0.4, 0.5) is 5.69 Å². The lowest BCUT2D eigenvalue weighted by molar-refractivity contribution is -0.140. The summed E-state index contributed by atoms with van der Waals surface area (Å²) < 4.78 is 21.3. The van der Waals surface area contributed by atoms with Gasteiger partial charge in [-0.3, -0.25) is 19.2 Å². The van der Waals surface area contributed by atoms with Gasteiger partial charge in [-0.25, -0.2) is 4.79 Å². The van der Waals surface area contributed by atoms with Gasteiger partial charge in [0.1, 0.15) is 52.6 Å². The third kappa shape index (κ3) is 9.25. The van der Waals surface area contributed by atoms with Gasteiger partial charge < -0.3 is 44.4 Å². The first-order valence-corrected chi connectivity index (χ1v) is 14.8. The molecule has 0 atom stereocenters. The van der Waals surface area contributed by atoms with Crippen LogP contribution in [0.25, 0.3) is 22.1 Å². The Morgan fingerprint density at radius 1 is 0.896 bits per heavy atom. The van der Waals surface area contributed by atoms with E-state index >= 15 is 0 Å². The van der Waals surface area contributed by atoms with Crippen LogP contribution in [0.1, 0.15) is 41.6 Å². The number of ether oxygens (including phenoxy) is 3. The van der Waals surface area contributed by atoms with Crippen LogP contribution in [0.2, 0.25) is 0 Å². The molecule has 0 unspecified atom stereocenters. The second-order valence-corrected chi connectivity index (χ2v) is 10.5. The predicted molar refractivity (Wildman–Crippen MR) is 170 cm³/mol. The fourth-order valence-electron chi connectivity index (χ4n) is 4.63. The number of aromatic hydroxyl groups is 3. The zero-order valence-electron chi connectivity index (χ0n) is 25.6. The highest BCUT2D eigenvalue weighted by Crippen LogP contribution is 2.31. The van der Waals surface area contributed by atoms with Crippen molar-refractivity contribution in [1.29, 1.82) is 0 Å². The molecule has 48 heavy (non-hydrogen) atoms. The van der Waals surface area contributed by atoms with Gasteiger partial charge in [-0.05, 0) is 35.7 Å². The minimum Gasteiger partial charge on any atom is -0.508 e. The molecule has 0 saturated heterocycles. The molecule has 0 fully saturated rings. The van der Waals surface area contributed by atoms with E-state index in [4.69, 9.17) is 18.6 Å². The summed E-state index contributed by atoms with van der Waals surface area (Å²) in [5, 5.41) is 41.6. The molecule has 5 N–H and O–H groups in total. The number of aliphatic hydroxyl groups is 1. The number of amides is 1. The molecule has 0 aliphatic rings. The Kier molecular flexibility index (Phi) is 12.4. The Morgan fingerprint density at radius 2 is 1.65 bits per heavy atom. The maximum atomic E-state index is 12.9. The molecule has 0 spiro atoms. The van der Waals surface area contributed by atoms with Crippen molar-refractivity contribution in [3.05, 3.63) is 76.1 Å². The van der Waals surface area contributed by atoms with E-state index in [1.54, 1.807) is 0 Å². The molecule has 3 aromatic carbocycles. The summed E-state index contributed by atoms with van der Waals surface area (Å²) >= 11 is 0. The summed E-state index contributed by atoms with van der Waals surface area (Å²) in [6, 6.07) is 11.1. The van der Waals surface area contributed by atoms with Crippen LogP contribution in [0.3, 0.4) is 0 Å². The summed E-state index contributed by atoms with van der Waals surface area (Å²) in [6.07, 6.45) is 1.99. The first kappa shape index (κ1) is 35.3. The molecule has 0 saturated carbocycles. The molecule has 14 nitrogen and oxygen atoms in total. The standard InChI is InChI=1S/C34H33NO13/c36-16-21-5-9-27(33(43)25(21)17-37)35-30(41)10-8-22(38)2-1-11-45-12-13-46-19-31(42)48-24-14-28(40)32-29(15-24)47-18-26(34(32)44)20-3-6-23(39)7-4-20/h3-7,9,14-15,17-18,36,39-40,43H,1-2,8,10-13,16,19H2,(H,35,41). The van der Waals surface area contributed by atoms with Crippen molar-refractivity contribution in [1.82, 2.24) is 0 Å². The highest BCUT2D eigenvalue weighted by molar-refractivity contribution is 5.97. The topological polar surface area (TPSA) is 219 Å². The molecule has 0 aliphatic heterocycles. The molecule has 0 radical (unpaired) electrons. The van der Waals surface area contributed by atoms with Gasteiger partial charge in [0.15, 0.2) is 6.29 Å². The minimum absolute atomic E-state index is 0.000372. The Hall–Kier alpha value is -5.57. The number of carbonyl (C=O) groups excluding carboxylic acids is 4. The fraction of sp³-hybridized carbons (Fsp3) is 0.265. The predicted octanol–water partition coefficient (Wildman–Crippen LogP) is 3.59. The molecule has 4 aromatic rings. The lowest BCUT2D eigenvalue weighted by Crippen LogP contribution is -2.18. The average Bonchev–Trinajstić information content (AvgIpc) is 3.06. The monoisotopic (exact) mass is 663 g/mol. The van der Waals surface area contributed by atoms with Gasteiger partial charge in [-0.2, -0.15) is 0 Å². The van der Waals surface area contributed by atoms with Crippen molar-refractivity contribution >= 4 is 40.6 Å². The number of benzene rings is 3. The first-order valence-electron chi connectivity index (χ1n) is 14.8. The fourth-order valence-corrected chi connectivity index (χ4v) is 4.63. The minimum atomic E-state index is -0.770. The Labute approximate surface area is 273 Å². The Morgan fingerprint density at radius 3 is 2.38 bits per heavy atom. The molecular weight excluding hydrogens is 630 g/mol. The number of esters is 1. The number of fused-ring (bicyclic) bond motifs is 1. The lowest BCUT2D eigenvalue weighted by atomic mass is 10.0. The van der Waals surface area contributed by atoms with E-state index in [1.807, 2.05) is 0 Å². The van der Waals surface area contributed by atoms with Crippen LogP contribution in [-0.2, 0) is 30.5 Å². The number of phenols is 3. The lowest BCUT2D eigenvalue weighted by Gasteiger charge is -2.11. The van der Waals surface area contributed by atoms with E-state index < -0.39 is 42.0 Å². The van der Waals surface area contributed by atoms with Crippen molar-refractivity contribution < 1.29 is 58.2 Å². The number of rotatable bonds is 17. The maximum absolute atomic E-state index is 12.9. The molecule has 4 rings (SSSR count). The number of aldehydes is 1. The number of carbonyl (C=O) groups is 4. The van der Waals surface area contributed by atoms with Crippen LogP contribution in [0.15, 0.2) is 64.0 Å². The largest absolute Gasteiger partial charge is 0.508 e. The highest BCUT2D eigenvalue weighted by atomic mass is 16.6. The molecule has 1 aromatic heterocycles. The van der Waals surface area contributed by atoms with Crippen molar-refractivity contribution in [2.24, 2.45) is 0 Å². The molecular formula is C34H33NO13. The van der Waals surface area contributed by atoms with Gasteiger partial charge in [0.2, 0.25) is 11.3 Å². The summed E-state index contributed by atoms with van der Waals surface area (Å²) in [7, 11) is 0. The van der Waals surface area contributed by atoms with Crippen molar-refractivity contribution in [3.8, 4) is 34.1 Å². The zero-order valence-corrected chi connectivity index (χ0v) is 25.6. The number of hydrogen-bond donors (Lipinski definition) is 5. The van der Waals surface area contributed by atoms with Gasteiger partial charge in [0.25, 0.3) is 0 Å². The summed E-state index contributed by atoms with van der Waals surface area (Å²) in [5.74, 6) is -2.40. The van der Waals surface area contributed by atoms with E-state index in [-0.39, 0.29) is 89.7 Å². The number of anilines is 1. The summed E-state index contributed by atoms with van der Waals surface area (Å²) in [6.45, 7) is -0.449. The Balaban J connectivity index is 1.11. The molecule has 1 amide bonds. The van der Waals surface area contributed by atoms with Crippen LogP contribution in [-0.4, -0.2) is 70.8 Å². The second-order valence-electron chi connectivity index (χ2n) is 10.5. The smallest absolute Gasteiger partial charge is 0.337 e. The normalized spacial score (nSPS) is 10.9. The number of hydrogen-bond acceptors (Lipinski definition) is 13. The van der Waals surface area contributed by atoms with E-state index in [2.05, 4.69) is 5.32 Å². The van der Waals surface area contributed by atoms with E-state index in [9.17, 15) is 44.4 Å². The first-order chi connectivity index (χ1) is 23.1. The van der Waals surface area contributed by atoms with Gasteiger partial charge in [-0.15, -0.1) is 0 Å². The van der Waals surface area contributed by atoms with Crippen molar-refractivity contribution in [3.63, 3.8) is 0 Å². The van der Waals surface area contributed by atoms with Crippen LogP contribution in [0.5, 0.6) is 23.0 Å². The van der Waals surface area contributed by atoms with Gasteiger partial charge in [0.05, 0.1) is 36.6 Å². The summed E-state index contributed by atoms with van der Waals surface area (Å²) in [5.41, 5.74) is 0.238. The van der Waals surface area contributed by atoms with Crippen LogP contribution in [0, 0.1) is 0 Å². The second kappa shape index (κ2) is 16.8. The van der Waals surface area contributed by atoms with E-state index in [1.165, 1.54) is 48.7 Å². The molecule has 14 heteroatoms. The van der Waals surface area contributed by atoms with Gasteiger partial charge in [0, 0.05) is 38.0 Å². The van der Waals surface area contributed by atoms with E-state index in [0.29, 0.717) is 18.3 Å². The molecule has 252 valence electrons. The number of Topliss-reactive ketones (excluding diaryl/α,β-unsaturated/α-hetero) is 1. The van der Waals surface area contributed by atoms with Crippen LogP contribution >= 0.6 is 0 Å². The highest BCUT2D eigenvalue weighted by Gasteiger charge is 2.17. The maximum Gasteiger partial charge on any atom is 0.337 e. The summed E-state index contributed by atoms with van der Waals surface area (Å²) in [4.78, 5) is 60.6. The number of aliphatic hydroxyl groups excluding tert-OH is 1. The number of ketones is 1. The third-order valence-corrected chi connectivity index (χ3v) is 7.08. The number of nitrogens with one attached hydrogen (secondary N) is 1. The third-order valence-electron chi connectivity index (χ3n) is 7.08. The molecule has 1 heterocycles. The average molecular weight is 664 g/mol. The quantitative estimate of drug-likeness (QED) is 0.0359. The zero-order chi connectivity index (χ0) is 34.6. The van der Waals surface area contributed by atoms with Gasteiger partial charge >= 0.3 is 5.97 Å².